The summed E-state index contributed by atoms with van der Waals surface area (Å²) in [4.78, 5) is 77.4. The van der Waals surface area contributed by atoms with E-state index in [1.54, 1.807) is 29.8 Å². The molecule has 4 aromatic carbocycles. The molecule has 0 bridgehead atoms. The number of nitrogens with zero attached hydrogens (tertiary/aromatic N) is 1. The molecule has 434 valence electrons. The number of nitrogens with one attached hydrogen (secondary N) is 4. The zero-order valence-electron chi connectivity index (χ0n) is 48.1. The number of amides is 4. The van der Waals surface area contributed by atoms with Crippen molar-refractivity contribution in [3.05, 3.63) is 148 Å². The Morgan fingerprint density at radius 3 is 2.04 bits per heavy atom. The number of fused-ring (bicyclic) bond motifs is 5. The first-order valence-corrected chi connectivity index (χ1v) is 29.7. The number of rotatable bonds is 26. The van der Waals surface area contributed by atoms with Crippen molar-refractivity contribution >= 4 is 41.2 Å². The van der Waals surface area contributed by atoms with Crippen LogP contribution < -0.4 is 26.0 Å². The topological polar surface area (TPSA) is 204 Å². The average Bonchev–Trinajstić information content (AvgIpc) is 4.04. The van der Waals surface area contributed by atoms with Crippen LogP contribution in [0.1, 0.15) is 141 Å². The van der Waals surface area contributed by atoms with Crippen LogP contribution in [0.2, 0.25) is 0 Å². The zero-order valence-corrected chi connectivity index (χ0v) is 48.1. The van der Waals surface area contributed by atoms with Crippen molar-refractivity contribution in [3.8, 4) is 5.75 Å². The minimum absolute atomic E-state index is 0.0574. The van der Waals surface area contributed by atoms with Crippen LogP contribution in [0.15, 0.2) is 121 Å². The van der Waals surface area contributed by atoms with E-state index in [0.29, 0.717) is 36.2 Å². The Balaban J connectivity index is 0.776. The highest BCUT2D eigenvalue weighted by Crippen LogP contribution is 2.67. The second-order valence-corrected chi connectivity index (χ2v) is 24.4. The van der Waals surface area contributed by atoms with Gasteiger partial charge in [0, 0.05) is 56.7 Å². The van der Waals surface area contributed by atoms with E-state index in [2.05, 4.69) is 62.0 Å². The summed E-state index contributed by atoms with van der Waals surface area (Å²) in [6.45, 7) is 13.3. The third kappa shape index (κ3) is 16.2. The van der Waals surface area contributed by atoms with E-state index in [-0.39, 0.29) is 61.2 Å². The number of nitro benzene ring substituents is 1. The fourth-order valence-corrected chi connectivity index (χ4v) is 14.1. The fourth-order valence-electron chi connectivity index (χ4n) is 14.1. The van der Waals surface area contributed by atoms with Crippen molar-refractivity contribution in [2.75, 3.05) is 18.5 Å². The molecule has 4 N–H and O–H groups in total. The highest BCUT2D eigenvalue weighted by molar-refractivity contribution is 5.99. The highest BCUT2D eigenvalue weighted by atomic mass is 16.7. The number of carbonyl (C=O) groups excluding carboxylic acids is 5. The van der Waals surface area contributed by atoms with Gasteiger partial charge in [0.25, 0.3) is 5.69 Å². The van der Waals surface area contributed by atoms with Crippen molar-refractivity contribution < 1.29 is 43.1 Å². The van der Waals surface area contributed by atoms with Crippen LogP contribution >= 0.6 is 0 Å². The van der Waals surface area contributed by atoms with Gasteiger partial charge < -0.3 is 35.5 Å². The zero-order chi connectivity index (χ0) is 57.5. The molecule has 4 aliphatic rings. The minimum Gasteiger partial charge on any atom is -0.429 e. The number of carbonyl (C=O) groups is 5. The Labute approximate surface area is 478 Å². The third-order valence-corrected chi connectivity index (χ3v) is 18.5. The minimum atomic E-state index is -1.06. The van der Waals surface area contributed by atoms with E-state index in [9.17, 15) is 34.1 Å². The molecular formula is C66H85N5O10. The molecule has 3 fully saturated rings. The summed E-state index contributed by atoms with van der Waals surface area (Å²) < 4.78 is 16.8. The van der Waals surface area contributed by atoms with Crippen LogP contribution in [0, 0.1) is 56.5 Å². The van der Waals surface area contributed by atoms with Gasteiger partial charge in [-0.15, -0.1) is 0 Å². The maximum absolute atomic E-state index is 14.2. The number of anilines is 1. The quantitative estimate of drug-likeness (QED) is 0.0117. The predicted molar refractivity (Wildman–Crippen MR) is 313 cm³/mol. The number of ether oxygens (including phenoxy) is 3. The molecule has 10 atom stereocenters. The summed E-state index contributed by atoms with van der Waals surface area (Å²) in [5, 5.41) is 22.5. The van der Waals surface area contributed by atoms with Crippen LogP contribution in [0.3, 0.4) is 0 Å². The molecule has 0 radical (unpaired) electrons. The number of nitro groups is 1. The number of hydrogen-bond acceptors (Lipinski definition) is 10. The standard InChI is InChI=1S/C66H85N5O10/c1-44(2)14-12-15-45(3)55-30-31-56-54-29-22-49-42-53(34-36-65(49,4)57(54)35-37-66(55,56)5)79-39-13-38-67-60(72)32-33-61(73)69-58(40-46-16-8-6-9-17-46)63(75)70-59(41-47-18-10-7-11-19-47)62(74)68-50-23-20-48(21-24-50)43-80-64(76)81-52-27-25-51(26-28-52)71(77)78/h6-11,16-28,44-45,53-59H,12-15,29-43H2,1-5H3,(H,67,72)(H,68,74)(H,69,73)(H,70,75)/t45-,53+,54+,55-,56+,57+,58+,59+,65+,66-/m1/s1. The highest BCUT2D eigenvalue weighted by Gasteiger charge is 2.59. The number of hydrogen-bond donors (Lipinski definition) is 4. The van der Waals surface area contributed by atoms with Crippen molar-refractivity contribution in [3.63, 3.8) is 0 Å². The molecule has 4 amide bonds. The summed E-state index contributed by atoms with van der Waals surface area (Å²) in [5.74, 6) is 3.16. The molecule has 0 unspecified atom stereocenters. The summed E-state index contributed by atoms with van der Waals surface area (Å²) >= 11 is 0. The summed E-state index contributed by atoms with van der Waals surface area (Å²) in [5.41, 5.74) is 4.80. The molecule has 0 spiro atoms. The van der Waals surface area contributed by atoms with Gasteiger partial charge in [0.2, 0.25) is 23.6 Å². The average molecular weight is 1110 g/mol. The molecule has 0 aliphatic heterocycles. The van der Waals surface area contributed by atoms with E-state index < -0.39 is 40.9 Å². The van der Waals surface area contributed by atoms with Crippen LogP contribution in [0.4, 0.5) is 16.2 Å². The monoisotopic (exact) mass is 1110 g/mol. The first-order valence-electron chi connectivity index (χ1n) is 29.7. The molecule has 0 saturated heterocycles. The van der Waals surface area contributed by atoms with Gasteiger partial charge in [0.05, 0.1) is 11.0 Å². The molecule has 0 aromatic heterocycles. The van der Waals surface area contributed by atoms with E-state index >= 15 is 0 Å². The summed E-state index contributed by atoms with van der Waals surface area (Å²) in [7, 11) is 0. The van der Waals surface area contributed by atoms with E-state index in [1.807, 2.05) is 60.7 Å². The smallest absolute Gasteiger partial charge is 0.429 e. The van der Waals surface area contributed by atoms with Gasteiger partial charge in [0.15, 0.2) is 0 Å². The van der Waals surface area contributed by atoms with Gasteiger partial charge in [-0.25, -0.2) is 4.79 Å². The predicted octanol–water partition coefficient (Wildman–Crippen LogP) is 12.4. The Morgan fingerprint density at radius 1 is 0.704 bits per heavy atom. The van der Waals surface area contributed by atoms with Crippen LogP contribution in [-0.4, -0.2) is 66.0 Å². The Bertz CT molecular complexity index is 2790. The van der Waals surface area contributed by atoms with Crippen molar-refractivity contribution in [2.24, 2.45) is 46.3 Å². The fraction of sp³-hybridized carbons (Fsp3) is 0.530. The van der Waals surface area contributed by atoms with Gasteiger partial charge in [0.1, 0.15) is 24.4 Å². The normalized spacial score (nSPS) is 23.9. The van der Waals surface area contributed by atoms with Crippen LogP contribution in [0.5, 0.6) is 5.75 Å². The van der Waals surface area contributed by atoms with Gasteiger partial charge in [-0.05, 0) is 145 Å². The maximum Gasteiger partial charge on any atom is 0.514 e. The van der Waals surface area contributed by atoms with E-state index in [0.717, 1.165) is 59.5 Å². The Morgan fingerprint density at radius 2 is 1.37 bits per heavy atom. The number of allylic oxidation sites excluding steroid dienone is 1. The number of benzene rings is 4. The third-order valence-electron chi connectivity index (χ3n) is 18.5. The lowest BCUT2D eigenvalue weighted by Crippen LogP contribution is -2.54. The van der Waals surface area contributed by atoms with E-state index in [1.165, 1.54) is 82.1 Å². The lowest BCUT2D eigenvalue weighted by Gasteiger charge is -2.58. The Kier molecular flexibility index (Phi) is 21.0. The lowest BCUT2D eigenvalue weighted by atomic mass is 9.47. The molecule has 81 heavy (non-hydrogen) atoms. The molecule has 4 aromatic rings. The van der Waals surface area contributed by atoms with Crippen LogP contribution in [-0.2, 0) is 48.1 Å². The summed E-state index contributed by atoms with van der Waals surface area (Å²) in [6, 6.07) is 27.9. The molecule has 3 saturated carbocycles. The molecule has 0 heterocycles. The Hall–Kier alpha value is -6.87. The van der Waals surface area contributed by atoms with E-state index in [4.69, 9.17) is 14.2 Å². The van der Waals surface area contributed by atoms with Crippen LogP contribution in [0.25, 0.3) is 0 Å². The largest absolute Gasteiger partial charge is 0.514 e. The van der Waals surface area contributed by atoms with Gasteiger partial charge in [-0.2, -0.15) is 0 Å². The molecule has 15 heteroatoms. The molecule has 8 rings (SSSR count). The SMILES string of the molecule is CC(C)CCC[C@@H](C)[C@H]1CC[C@H]2[C@@H]3CC=C4C[C@@H](OCCCNC(=O)CCC(=O)N[C@@H](Cc5ccccc5)C(=O)N[C@@H](Cc5ccccc5)C(=O)Nc5ccc(COC(=O)Oc6ccc([N+](=O)[O-])cc6)cc5)CC[C@]4(C)[C@H]3CC[C@]12C. The molecular weight excluding hydrogens is 1020 g/mol. The molecule has 4 aliphatic carbocycles. The first kappa shape index (κ1) is 60.2. The van der Waals surface area contributed by atoms with Crippen molar-refractivity contribution in [1.82, 2.24) is 16.0 Å². The second-order valence-electron chi connectivity index (χ2n) is 24.4. The lowest BCUT2D eigenvalue weighted by molar-refractivity contribution is -0.384. The second kappa shape index (κ2) is 28.2. The van der Waals surface area contributed by atoms with Gasteiger partial charge in [-0.3, -0.25) is 29.3 Å². The maximum atomic E-state index is 14.2. The van der Waals surface area contributed by atoms with Crippen molar-refractivity contribution in [1.29, 1.82) is 0 Å². The first-order chi connectivity index (χ1) is 39.0. The summed E-state index contributed by atoms with van der Waals surface area (Å²) in [6.07, 6.45) is 16.7. The van der Waals surface area contributed by atoms with Crippen molar-refractivity contribution in [2.45, 2.75) is 162 Å². The van der Waals surface area contributed by atoms with Gasteiger partial charge >= 0.3 is 6.16 Å². The van der Waals surface area contributed by atoms with Gasteiger partial charge in [-0.1, -0.05) is 138 Å². The molecule has 15 nitrogen and oxygen atoms in total. The number of non-ortho nitro benzene ring substituents is 1.